The summed E-state index contributed by atoms with van der Waals surface area (Å²) in [6.45, 7) is 3.59. The van der Waals surface area contributed by atoms with E-state index in [0.29, 0.717) is 36.1 Å². The van der Waals surface area contributed by atoms with E-state index in [9.17, 15) is 14.7 Å². The molecule has 0 spiro atoms. The summed E-state index contributed by atoms with van der Waals surface area (Å²) < 4.78 is 0. The van der Waals surface area contributed by atoms with Crippen molar-refractivity contribution in [3.05, 3.63) is 39.9 Å². The lowest BCUT2D eigenvalue weighted by Gasteiger charge is -2.44. The maximum Gasteiger partial charge on any atom is 0.234 e. The highest BCUT2D eigenvalue weighted by atomic mass is 35.5. The molecule has 1 atom stereocenters. The highest BCUT2D eigenvalue weighted by molar-refractivity contribution is 6.42. The number of halogens is 2. The van der Waals surface area contributed by atoms with Gasteiger partial charge < -0.3 is 10.4 Å². The van der Waals surface area contributed by atoms with Crippen molar-refractivity contribution in [2.45, 2.75) is 31.2 Å². The molecule has 2 fully saturated rings. The Morgan fingerprint density at radius 3 is 2.60 bits per heavy atom. The average Bonchev–Trinajstić information content (AvgIpc) is 2.76. The van der Waals surface area contributed by atoms with Crippen LogP contribution in [0.15, 0.2) is 24.3 Å². The van der Waals surface area contributed by atoms with Gasteiger partial charge in [-0.05, 0) is 56.1 Å². The van der Waals surface area contributed by atoms with E-state index in [4.69, 9.17) is 23.2 Å². The third kappa shape index (κ3) is 5.62. The zero-order valence-corrected chi connectivity index (χ0v) is 18.6. The Labute approximate surface area is 187 Å². The van der Waals surface area contributed by atoms with E-state index >= 15 is 0 Å². The van der Waals surface area contributed by atoms with Crippen LogP contribution in [0.4, 0.5) is 0 Å². The molecule has 3 rings (SSSR count). The number of aliphatic hydroxyl groups excluding tert-OH is 1. The number of piperazine rings is 1. The van der Waals surface area contributed by atoms with Crippen molar-refractivity contribution in [1.82, 2.24) is 15.1 Å². The minimum Gasteiger partial charge on any atom is -0.394 e. The van der Waals surface area contributed by atoms with Crippen molar-refractivity contribution < 1.29 is 14.7 Å². The standard InChI is InChI=1S/C22H29Cl2N3O3/c23-18-6-4-17(14-19(18)24)5-7-20(29)22(16-28,27-10-2-1-3-11-27)8-12-26-13-9-25-21(30)15-26/h4-7,14,28H,1-3,8-13,15-16H2,(H,25,30)/b7-5+. The van der Waals surface area contributed by atoms with Gasteiger partial charge in [-0.25, -0.2) is 0 Å². The lowest BCUT2D eigenvalue weighted by atomic mass is 9.86. The average molecular weight is 454 g/mol. The maximum absolute atomic E-state index is 13.4. The predicted molar refractivity (Wildman–Crippen MR) is 120 cm³/mol. The first-order valence-electron chi connectivity index (χ1n) is 10.5. The van der Waals surface area contributed by atoms with Gasteiger partial charge in [0, 0.05) is 19.6 Å². The molecule has 6 nitrogen and oxygen atoms in total. The van der Waals surface area contributed by atoms with E-state index in [1.807, 2.05) is 4.90 Å². The second-order valence-corrected chi connectivity index (χ2v) is 8.80. The zero-order chi connectivity index (χ0) is 21.6. The van der Waals surface area contributed by atoms with Crippen molar-refractivity contribution in [2.75, 3.05) is 45.9 Å². The molecule has 1 unspecified atom stereocenters. The van der Waals surface area contributed by atoms with E-state index in [1.165, 1.54) is 6.08 Å². The van der Waals surface area contributed by atoms with Crippen molar-refractivity contribution in [3.8, 4) is 0 Å². The van der Waals surface area contributed by atoms with E-state index < -0.39 is 5.54 Å². The molecule has 2 heterocycles. The van der Waals surface area contributed by atoms with Crippen molar-refractivity contribution in [2.24, 2.45) is 0 Å². The second-order valence-electron chi connectivity index (χ2n) is 7.98. The van der Waals surface area contributed by atoms with Gasteiger partial charge in [0.2, 0.25) is 5.91 Å². The number of nitrogens with one attached hydrogen (secondary N) is 1. The number of carbonyl (C=O) groups excluding carboxylic acids is 2. The normalized spacial score (nSPS) is 20.8. The monoisotopic (exact) mass is 453 g/mol. The number of benzene rings is 1. The van der Waals surface area contributed by atoms with Crippen LogP contribution in [0, 0.1) is 0 Å². The number of nitrogens with zero attached hydrogens (tertiary/aromatic N) is 2. The van der Waals surface area contributed by atoms with Crippen molar-refractivity contribution in [1.29, 1.82) is 0 Å². The lowest BCUT2D eigenvalue weighted by Crippen LogP contribution is -2.60. The molecule has 1 aromatic rings. The molecule has 8 heteroatoms. The molecule has 164 valence electrons. The Kier molecular flexibility index (Phi) is 8.31. The number of piperidine rings is 1. The number of likely N-dealkylation sites (tertiary alicyclic amines) is 1. The van der Waals surface area contributed by atoms with E-state index in [2.05, 4.69) is 10.2 Å². The molecule has 2 aliphatic rings. The van der Waals surface area contributed by atoms with Gasteiger partial charge in [-0.3, -0.25) is 19.4 Å². The van der Waals surface area contributed by atoms with Gasteiger partial charge in [-0.1, -0.05) is 41.8 Å². The van der Waals surface area contributed by atoms with Crippen LogP contribution in [0.5, 0.6) is 0 Å². The smallest absolute Gasteiger partial charge is 0.234 e. The molecule has 1 aromatic carbocycles. The number of ketones is 1. The van der Waals surface area contributed by atoms with E-state index in [1.54, 1.807) is 24.3 Å². The van der Waals surface area contributed by atoms with Gasteiger partial charge in [-0.15, -0.1) is 0 Å². The first kappa shape index (κ1) is 23.2. The van der Waals surface area contributed by atoms with Crippen LogP contribution < -0.4 is 5.32 Å². The first-order chi connectivity index (χ1) is 14.4. The van der Waals surface area contributed by atoms with E-state index in [0.717, 1.165) is 44.5 Å². The fourth-order valence-corrected chi connectivity index (χ4v) is 4.49. The fraction of sp³-hybridized carbons (Fsp3) is 0.545. The van der Waals surface area contributed by atoms with Crippen LogP contribution in [0.3, 0.4) is 0 Å². The van der Waals surface area contributed by atoms with Crippen molar-refractivity contribution >= 4 is 41.0 Å². The second kappa shape index (κ2) is 10.7. The molecule has 2 N–H and O–H groups in total. The van der Waals surface area contributed by atoms with Gasteiger partial charge in [0.05, 0.1) is 23.2 Å². The summed E-state index contributed by atoms with van der Waals surface area (Å²) in [6, 6.07) is 5.20. The Hall–Kier alpha value is -1.44. The Morgan fingerprint density at radius 1 is 1.17 bits per heavy atom. The highest BCUT2D eigenvalue weighted by Crippen LogP contribution is 2.28. The highest BCUT2D eigenvalue weighted by Gasteiger charge is 2.42. The summed E-state index contributed by atoms with van der Waals surface area (Å²) in [5.41, 5.74) is -0.211. The largest absolute Gasteiger partial charge is 0.394 e. The summed E-state index contributed by atoms with van der Waals surface area (Å²) in [6.07, 6.45) is 6.88. The number of amides is 1. The SMILES string of the molecule is O=C1CN(CCC(CO)(C(=O)/C=C/c2ccc(Cl)c(Cl)c2)N2CCCCC2)CCN1. The minimum atomic E-state index is -0.985. The van der Waals surface area contributed by atoms with Gasteiger partial charge in [0.1, 0.15) is 5.54 Å². The third-order valence-electron chi connectivity index (χ3n) is 6.01. The summed E-state index contributed by atoms with van der Waals surface area (Å²) in [5.74, 6) is -0.126. The molecule has 0 aliphatic carbocycles. The van der Waals surface area contributed by atoms with Gasteiger partial charge >= 0.3 is 0 Å². The van der Waals surface area contributed by atoms with E-state index in [-0.39, 0.29) is 18.3 Å². The van der Waals surface area contributed by atoms with Crippen LogP contribution in [0.2, 0.25) is 10.0 Å². The molecule has 0 radical (unpaired) electrons. The molecule has 2 saturated heterocycles. The quantitative estimate of drug-likeness (QED) is 0.591. The van der Waals surface area contributed by atoms with Gasteiger partial charge in [0.15, 0.2) is 5.78 Å². The Bertz CT molecular complexity index is 796. The zero-order valence-electron chi connectivity index (χ0n) is 17.1. The minimum absolute atomic E-state index is 0.000314. The van der Waals surface area contributed by atoms with Crippen LogP contribution in [-0.4, -0.2) is 78.0 Å². The summed E-state index contributed by atoms with van der Waals surface area (Å²) >= 11 is 12.0. The number of hydrogen-bond donors (Lipinski definition) is 2. The maximum atomic E-state index is 13.4. The number of hydrogen-bond acceptors (Lipinski definition) is 5. The van der Waals surface area contributed by atoms with Crippen LogP contribution >= 0.6 is 23.2 Å². The molecule has 1 amide bonds. The summed E-state index contributed by atoms with van der Waals surface area (Å²) in [5, 5.41) is 14.1. The Morgan fingerprint density at radius 2 is 1.93 bits per heavy atom. The molecule has 2 aliphatic heterocycles. The number of aliphatic hydroxyl groups is 1. The molecule has 0 bridgehead atoms. The molecular formula is C22H29Cl2N3O3. The first-order valence-corrected chi connectivity index (χ1v) is 11.2. The third-order valence-corrected chi connectivity index (χ3v) is 6.75. The molecule has 0 saturated carbocycles. The predicted octanol–water partition coefficient (Wildman–Crippen LogP) is 2.61. The molecule has 0 aromatic heterocycles. The van der Waals surface area contributed by atoms with Crippen LogP contribution in [0.1, 0.15) is 31.2 Å². The number of rotatable bonds is 8. The van der Waals surface area contributed by atoms with Gasteiger partial charge in [-0.2, -0.15) is 0 Å². The topological polar surface area (TPSA) is 72.9 Å². The lowest BCUT2D eigenvalue weighted by molar-refractivity contribution is -0.131. The molecular weight excluding hydrogens is 425 g/mol. The fourth-order valence-electron chi connectivity index (χ4n) is 4.18. The van der Waals surface area contributed by atoms with Gasteiger partial charge in [0.25, 0.3) is 0 Å². The van der Waals surface area contributed by atoms with Crippen LogP contribution in [0.25, 0.3) is 6.08 Å². The van der Waals surface area contributed by atoms with Crippen molar-refractivity contribution in [3.63, 3.8) is 0 Å². The summed E-state index contributed by atoms with van der Waals surface area (Å²) in [7, 11) is 0. The number of carbonyl (C=O) groups is 2. The summed E-state index contributed by atoms with van der Waals surface area (Å²) in [4.78, 5) is 29.3. The van der Waals surface area contributed by atoms with Crippen LogP contribution in [-0.2, 0) is 9.59 Å². The molecule has 30 heavy (non-hydrogen) atoms. The Balaban J connectivity index is 1.79.